The molecular weight excluding hydrogens is 368 g/mol. The molecule has 1 aromatic heterocycles. The smallest absolute Gasteiger partial charge is 0.282 e. The number of aromatic nitrogens is 2. The maximum Gasteiger partial charge on any atom is 0.282 e. The molecule has 6 heteroatoms. The number of carbonyl (C=O) groups is 1. The Balaban J connectivity index is 1.35. The molecule has 0 saturated heterocycles. The number of hydrogen-bond acceptors (Lipinski definition) is 5. The van der Waals surface area contributed by atoms with E-state index in [2.05, 4.69) is 51.7 Å². The standard InChI is InChI=1S/C22H24N4OS/c1-15-7-9-16(10-8-15)13-23-21(27)22-25-24-20(28-22)14-26(2)19-12-11-17-5-3-4-6-18(17)19/h3-10,19H,11-14H2,1-2H3,(H,23,27)/t19-/m1/s1. The van der Waals surface area contributed by atoms with Crippen molar-refractivity contribution in [2.75, 3.05) is 7.05 Å². The Hall–Kier alpha value is -2.57. The molecule has 0 saturated carbocycles. The number of amides is 1. The van der Waals surface area contributed by atoms with E-state index in [-0.39, 0.29) is 5.91 Å². The second-order valence-corrected chi connectivity index (χ2v) is 8.40. The molecule has 1 amide bonds. The lowest BCUT2D eigenvalue weighted by molar-refractivity contribution is 0.0950. The van der Waals surface area contributed by atoms with Gasteiger partial charge in [-0.1, -0.05) is 65.4 Å². The molecule has 1 atom stereocenters. The van der Waals surface area contributed by atoms with Crippen molar-refractivity contribution in [3.05, 3.63) is 80.8 Å². The summed E-state index contributed by atoms with van der Waals surface area (Å²) in [4.78, 5) is 14.7. The fraction of sp³-hybridized carbons (Fsp3) is 0.318. The summed E-state index contributed by atoms with van der Waals surface area (Å²) in [7, 11) is 2.12. The predicted octanol–water partition coefficient (Wildman–Crippen LogP) is 3.90. The largest absolute Gasteiger partial charge is 0.346 e. The summed E-state index contributed by atoms with van der Waals surface area (Å²) in [5.41, 5.74) is 5.12. The Labute approximate surface area is 169 Å². The van der Waals surface area contributed by atoms with Crippen LogP contribution in [0.3, 0.4) is 0 Å². The average molecular weight is 393 g/mol. The van der Waals surface area contributed by atoms with Gasteiger partial charge in [-0.2, -0.15) is 0 Å². The summed E-state index contributed by atoms with van der Waals surface area (Å²) in [5, 5.41) is 12.5. The van der Waals surface area contributed by atoms with Crippen molar-refractivity contribution in [3.8, 4) is 0 Å². The number of aryl methyl sites for hydroxylation is 2. The Morgan fingerprint density at radius 2 is 1.96 bits per heavy atom. The highest BCUT2D eigenvalue weighted by Gasteiger charge is 2.26. The second-order valence-electron chi connectivity index (χ2n) is 7.34. The molecule has 3 aromatic rings. The minimum absolute atomic E-state index is 0.168. The van der Waals surface area contributed by atoms with E-state index in [4.69, 9.17) is 0 Å². The van der Waals surface area contributed by atoms with Crippen molar-refractivity contribution < 1.29 is 4.79 Å². The van der Waals surface area contributed by atoms with Crippen molar-refractivity contribution in [1.82, 2.24) is 20.4 Å². The highest BCUT2D eigenvalue weighted by atomic mass is 32.1. The maximum atomic E-state index is 12.4. The number of fused-ring (bicyclic) bond motifs is 1. The van der Waals surface area contributed by atoms with Gasteiger partial charge in [0.05, 0.1) is 6.54 Å². The van der Waals surface area contributed by atoms with Crippen LogP contribution >= 0.6 is 11.3 Å². The van der Waals surface area contributed by atoms with Crippen LogP contribution in [0.1, 0.15) is 49.5 Å². The predicted molar refractivity (Wildman–Crippen MR) is 111 cm³/mol. The minimum atomic E-state index is -0.168. The highest BCUT2D eigenvalue weighted by molar-refractivity contribution is 7.13. The third-order valence-corrected chi connectivity index (χ3v) is 6.16. The van der Waals surface area contributed by atoms with E-state index in [1.165, 1.54) is 28.0 Å². The summed E-state index contributed by atoms with van der Waals surface area (Å²) in [6, 6.07) is 17.2. The molecule has 0 aliphatic heterocycles. The van der Waals surface area contributed by atoms with E-state index >= 15 is 0 Å². The van der Waals surface area contributed by atoms with Crippen molar-refractivity contribution in [3.63, 3.8) is 0 Å². The second kappa shape index (κ2) is 8.20. The van der Waals surface area contributed by atoms with Crippen LogP contribution in [0.4, 0.5) is 0 Å². The van der Waals surface area contributed by atoms with Gasteiger partial charge in [-0.3, -0.25) is 9.69 Å². The quantitative estimate of drug-likeness (QED) is 0.691. The monoisotopic (exact) mass is 392 g/mol. The molecule has 1 aliphatic rings. The molecule has 28 heavy (non-hydrogen) atoms. The number of carbonyl (C=O) groups excluding carboxylic acids is 1. The van der Waals surface area contributed by atoms with Crippen LogP contribution in [0.2, 0.25) is 0 Å². The summed E-state index contributed by atoms with van der Waals surface area (Å²) >= 11 is 1.37. The zero-order valence-electron chi connectivity index (χ0n) is 16.2. The Morgan fingerprint density at radius 1 is 1.18 bits per heavy atom. The summed E-state index contributed by atoms with van der Waals surface area (Å²) in [6.45, 7) is 3.24. The van der Waals surface area contributed by atoms with Crippen LogP contribution in [0, 0.1) is 6.92 Å². The molecule has 0 fully saturated rings. The van der Waals surface area contributed by atoms with Crippen LogP contribution in [-0.4, -0.2) is 28.1 Å². The average Bonchev–Trinajstić information content (AvgIpc) is 3.34. The topological polar surface area (TPSA) is 58.1 Å². The van der Waals surface area contributed by atoms with Gasteiger partial charge >= 0.3 is 0 Å². The van der Waals surface area contributed by atoms with Crippen LogP contribution in [-0.2, 0) is 19.5 Å². The fourth-order valence-corrected chi connectivity index (χ4v) is 4.51. The summed E-state index contributed by atoms with van der Waals surface area (Å²) in [5.74, 6) is -0.168. The van der Waals surface area contributed by atoms with Crippen LogP contribution in [0.5, 0.6) is 0 Å². The molecule has 0 spiro atoms. The van der Waals surface area contributed by atoms with Gasteiger partial charge < -0.3 is 5.32 Å². The first-order valence-corrected chi connectivity index (χ1v) is 10.4. The Bertz CT molecular complexity index is 967. The molecule has 5 nitrogen and oxygen atoms in total. The molecule has 1 aliphatic carbocycles. The SMILES string of the molecule is Cc1ccc(CNC(=O)c2nnc(CN(C)[C@@H]3CCc4ccccc43)s2)cc1. The van der Waals surface area contributed by atoms with Crippen molar-refractivity contribution in [2.24, 2.45) is 0 Å². The van der Waals surface area contributed by atoms with E-state index in [1.54, 1.807) is 0 Å². The number of nitrogens with one attached hydrogen (secondary N) is 1. The lowest BCUT2D eigenvalue weighted by Gasteiger charge is -2.23. The van der Waals surface area contributed by atoms with Crippen molar-refractivity contribution in [1.29, 1.82) is 0 Å². The summed E-state index contributed by atoms with van der Waals surface area (Å²) in [6.07, 6.45) is 2.24. The van der Waals surface area contributed by atoms with E-state index in [9.17, 15) is 4.79 Å². The molecular formula is C22H24N4OS. The van der Waals surface area contributed by atoms with Crippen molar-refractivity contribution in [2.45, 2.75) is 38.9 Å². The van der Waals surface area contributed by atoms with Crippen molar-refractivity contribution >= 4 is 17.2 Å². The van der Waals surface area contributed by atoms with Gasteiger partial charge in [0.15, 0.2) is 0 Å². The Morgan fingerprint density at radius 3 is 2.79 bits per heavy atom. The molecule has 2 aromatic carbocycles. The molecule has 0 bridgehead atoms. The van der Waals surface area contributed by atoms with Crippen LogP contribution in [0.25, 0.3) is 0 Å². The lowest BCUT2D eigenvalue weighted by Crippen LogP contribution is -2.22. The van der Waals surface area contributed by atoms with E-state index < -0.39 is 0 Å². The van der Waals surface area contributed by atoms with Gasteiger partial charge in [-0.05, 0) is 43.5 Å². The van der Waals surface area contributed by atoms with E-state index in [0.717, 1.165) is 23.4 Å². The summed E-state index contributed by atoms with van der Waals surface area (Å²) < 4.78 is 0. The molecule has 4 rings (SSSR count). The number of benzene rings is 2. The molecule has 0 unspecified atom stereocenters. The molecule has 1 heterocycles. The minimum Gasteiger partial charge on any atom is -0.346 e. The van der Waals surface area contributed by atoms with Gasteiger partial charge in [0.1, 0.15) is 5.01 Å². The lowest BCUT2D eigenvalue weighted by atomic mass is 10.1. The van der Waals surface area contributed by atoms with Gasteiger partial charge in [0.25, 0.3) is 5.91 Å². The third-order valence-electron chi connectivity index (χ3n) is 5.25. The highest BCUT2D eigenvalue weighted by Crippen LogP contribution is 2.35. The van der Waals surface area contributed by atoms with Gasteiger partial charge in [0.2, 0.25) is 5.01 Å². The zero-order chi connectivity index (χ0) is 19.5. The van der Waals surface area contributed by atoms with Gasteiger partial charge in [0, 0.05) is 12.6 Å². The van der Waals surface area contributed by atoms with Gasteiger partial charge in [-0.15, -0.1) is 10.2 Å². The van der Waals surface area contributed by atoms with Gasteiger partial charge in [-0.25, -0.2) is 0 Å². The first-order chi connectivity index (χ1) is 13.6. The van der Waals surface area contributed by atoms with Crippen LogP contribution in [0.15, 0.2) is 48.5 Å². The molecule has 1 N–H and O–H groups in total. The number of rotatable bonds is 6. The zero-order valence-corrected chi connectivity index (χ0v) is 17.0. The number of nitrogens with zero attached hydrogens (tertiary/aromatic N) is 3. The fourth-order valence-electron chi connectivity index (χ4n) is 3.69. The number of hydrogen-bond donors (Lipinski definition) is 1. The maximum absolute atomic E-state index is 12.4. The Kier molecular flexibility index (Phi) is 5.50. The van der Waals surface area contributed by atoms with Crippen LogP contribution < -0.4 is 5.32 Å². The van der Waals surface area contributed by atoms with E-state index in [1.807, 2.05) is 31.2 Å². The first-order valence-electron chi connectivity index (χ1n) is 9.54. The normalized spacial score (nSPS) is 15.6. The third kappa shape index (κ3) is 4.13. The molecule has 0 radical (unpaired) electrons. The molecule has 144 valence electrons. The first kappa shape index (κ1) is 18.8. The van der Waals surface area contributed by atoms with E-state index in [0.29, 0.717) is 24.1 Å².